The molecule has 0 aliphatic carbocycles. The highest BCUT2D eigenvalue weighted by Crippen LogP contribution is 2.30. The normalized spacial score (nSPS) is 21.5. The molecule has 5 nitrogen and oxygen atoms in total. The van der Waals surface area contributed by atoms with Gasteiger partial charge in [0.25, 0.3) is 0 Å². The van der Waals surface area contributed by atoms with E-state index in [1.54, 1.807) is 0 Å². The van der Waals surface area contributed by atoms with Crippen LogP contribution < -0.4 is 5.32 Å². The van der Waals surface area contributed by atoms with Crippen LogP contribution in [0.2, 0.25) is 0 Å². The van der Waals surface area contributed by atoms with Gasteiger partial charge in [0.2, 0.25) is 11.8 Å². The van der Waals surface area contributed by atoms with E-state index in [0.717, 1.165) is 19.3 Å². The van der Waals surface area contributed by atoms with E-state index in [2.05, 4.69) is 12.2 Å². The Morgan fingerprint density at radius 2 is 1.26 bits per heavy atom. The van der Waals surface area contributed by atoms with Crippen molar-refractivity contribution in [2.75, 3.05) is 0 Å². The Kier molecular flexibility index (Phi) is 8.98. The quantitative estimate of drug-likeness (QED) is 0.493. The molecule has 1 fully saturated rings. The Balaban J connectivity index is 2.30. The second-order valence-electron chi connectivity index (χ2n) is 6.35. The van der Waals surface area contributed by atoms with Crippen LogP contribution in [0.3, 0.4) is 0 Å². The van der Waals surface area contributed by atoms with Crippen LogP contribution in [-0.4, -0.2) is 11.8 Å². The van der Waals surface area contributed by atoms with Gasteiger partial charge in [0.05, 0.1) is 12.1 Å². The molecule has 0 bridgehead atoms. The van der Waals surface area contributed by atoms with E-state index in [1.807, 2.05) is 12.1 Å². The number of hydrogen-bond donors (Lipinski definition) is 1. The minimum atomic E-state index is -0.883. The summed E-state index contributed by atoms with van der Waals surface area (Å²) >= 11 is 0. The van der Waals surface area contributed by atoms with Crippen molar-refractivity contribution >= 4 is 11.8 Å². The fraction of sp³-hybridized carbons (Fsp3) is 0.778. The van der Waals surface area contributed by atoms with Crippen molar-refractivity contribution in [2.24, 2.45) is 17.8 Å². The smallest absolute Gasteiger partial charge is 0.244 e. The summed E-state index contributed by atoms with van der Waals surface area (Å²) in [5, 5.41) is 20.4. The van der Waals surface area contributed by atoms with Crippen LogP contribution in [0.25, 0.3) is 0 Å². The van der Waals surface area contributed by atoms with E-state index in [4.69, 9.17) is 10.5 Å². The maximum absolute atomic E-state index is 11.7. The Hall–Kier alpha value is -1.88. The number of hydrogen-bond acceptors (Lipinski definition) is 4. The molecule has 1 heterocycles. The highest BCUT2D eigenvalue weighted by atomic mass is 16.2. The number of nitrogens with one attached hydrogen (secondary N) is 1. The summed E-state index contributed by atoms with van der Waals surface area (Å²) in [4.78, 5) is 23.4. The Morgan fingerprint density at radius 3 is 1.70 bits per heavy atom. The topological polar surface area (TPSA) is 93.8 Å². The molecule has 1 aliphatic rings. The Bertz CT molecular complexity index is 444. The summed E-state index contributed by atoms with van der Waals surface area (Å²) in [6.45, 7) is 2.21. The third-order valence-corrected chi connectivity index (χ3v) is 4.59. The van der Waals surface area contributed by atoms with Crippen molar-refractivity contribution in [1.29, 1.82) is 10.5 Å². The van der Waals surface area contributed by atoms with Gasteiger partial charge in [-0.25, -0.2) is 0 Å². The van der Waals surface area contributed by atoms with E-state index in [9.17, 15) is 9.59 Å². The van der Waals surface area contributed by atoms with E-state index < -0.39 is 29.6 Å². The van der Waals surface area contributed by atoms with E-state index in [-0.39, 0.29) is 0 Å². The minimum absolute atomic E-state index is 0.462. The van der Waals surface area contributed by atoms with Crippen LogP contribution in [0.5, 0.6) is 0 Å². The van der Waals surface area contributed by atoms with Crippen molar-refractivity contribution in [1.82, 2.24) is 5.32 Å². The first-order valence-electron chi connectivity index (χ1n) is 8.79. The number of imide groups is 1. The van der Waals surface area contributed by atoms with Crippen LogP contribution in [-0.2, 0) is 9.59 Å². The minimum Gasteiger partial charge on any atom is -0.294 e. The molecule has 1 rings (SSSR count). The number of carbonyl (C=O) groups excluding carboxylic acids is 2. The van der Waals surface area contributed by atoms with E-state index in [0.29, 0.717) is 6.42 Å². The zero-order valence-electron chi connectivity index (χ0n) is 14.0. The summed E-state index contributed by atoms with van der Waals surface area (Å²) in [6, 6.07) is 3.91. The molecule has 0 unspecified atom stereocenters. The van der Waals surface area contributed by atoms with Crippen molar-refractivity contribution in [2.45, 2.75) is 71.1 Å². The SMILES string of the molecule is CCCCCCCCCCCC1[C@H](C#N)C(=O)NC(=O)[C@H]1C#N. The number of unbranched alkanes of at least 4 members (excludes halogenated alkanes) is 8. The van der Waals surface area contributed by atoms with Crippen LogP contribution in [0.15, 0.2) is 0 Å². The molecule has 2 amide bonds. The molecule has 2 atom stereocenters. The van der Waals surface area contributed by atoms with Gasteiger partial charge >= 0.3 is 0 Å². The number of amides is 2. The lowest BCUT2D eigenvalue weighted by molar-refractivity contribution is -0.140. The maximum Gasteiger partial charge on any atom is 0.244 e. The Morgan fingerprint density at radius 1 is 0.826 bits per heavy atom. The molecule has 1 N–H and O–H groups in total. The van der Waals surface area contributed by atoms with Crippen molar-refractivity contribution < 1.29 is 9.59 Å². The number of nitrogens with zero attached hydrogens (tertiary/aromatic N) is 2. The number of rotatable bonds is 10. The number of nitriles is 2. The molecule has 23 heavy (non-hydrogen) atoms. The summed E-state index contributed by atoms with van der Waals surface area (Å²) < 4.78 is 0. The zero-order chi connectivity index (χ0) is 17.1. The molecule has 0 saturated carbocycles. The average molecular weight is 317 g/mol. The van der Waals surface area contributed by atoms with E-state index in [1.165, 1.54) is 38.5 Å². The van der Waals surface area contributed by atoms with Crippen LogP contribution >= 0.6 is 0 Å². The molecule has 0 aromatic rings. The van der Waals surface area contributed by atoms with Crippen LogP contribution in [0.4, 0.5) is 0 Å². The van der Waals surface area contributed by atoms with E-state index >= 15 is 0 Å². The van der Waals surface area contributed by atoms with Gasteiger partial charge in [-0.2, -0.15) is 10.5 Å². The van der Waals surface area contributed by atoms with Crippen molar-refractivity contribution in [3.63, 3.8) is 0 Å². The Labute approximate surface area is 139 Å². The molecule has 1 aliphatic heterocycles. The second kappa shape index (κ2) is 10.8. The third-order valence-electron chi connectivity index (χ3n) is 4.59. The van der Waals surface area contributed by atoms with Gasteiger partial charge in [-0.05, 0) is 6.42 Å². The molecule has 0 spiro atoms. The van der Waals surface area contributed by atoms with Crippen molar-refractivity contribution in [3.8, 4) is 12.1 Å². The zero-order valence-corrected chi connectivity index (χ0v) is 14.0. The number of carbonyl (C=O) groups is 2. The molecular formula is C18H27N3O2. The first-order valence-corrected chi connectivity index (χ1v) is 8.79. The summed E-state index contributed by atoms with van der Waals surface area (Å²) in [7, 11) is 0. The molecule has 0 aromatic heterocycles. The summed E-state index contributed by atoms with van der Waals surface area (Å²) in [5.74, 6) is -3.33. The van der Waals surface area contributed by atoms with Crippen molar-refractivity contribution in [3.05, 3.63) is 0 Å². The summed E-state index contributed by atoms with van der Waals surface area (Å²) in [6.07, 6.45) is 11.2. The molecular weight excluding hydrogens is 290 g/mol. The standard InChI is InChI=1S/C18H27N3O2/c1-2-3-4-5-6-7-8-9-10-11-14-15(12-19)17(22)21-18(23)16(14)13-20/h14-16H,2-11H2,1H3,(H,21,22,23)/t15-,16-/m0/s1. The van der Waals surface area contributed by atoms with Gasteiger partial charge in [-0.3, -0.25) is 14.9 Å². The van der Waals surface area contributed by atoms with Gasteiger partial charge in [-0.15, -0.1) is 0 Å². The van der Waals surface area contributed by atoms with Gasteiger partial charge in [0.15, 0.2) is 0 Å². The number of piperidine rings is 1. The fourth-order valence-electron chi connectivity index (χ4n) is 3.19. The molecule has 0 radical (unpaired) electrons. The lowest BCUT2D eigenvalue weighted by atomic mass is 9.76. The first-order chi connectivity index (χ1) is 11.2. The second-order valence-corrected chi connectivity index (χ2v) is 6.35. The molecule has 5 heteroatoms. The van der Waals surface area contributed by atoms with Gasteiger partial charge < -0.3 is 0 Å². The molecule has 126 valence electrons. The lowest BCUT2D eigenvalue weighted by Crippen LogP contribution is -2.50. The summed E-state index contributed by atoms with van der Waals surface area (Å²) in [5.41, 5.74) is 0. The fourth-order valence-corrected chi connectivity index (χ4v) is 3.19. The largest absolute Gasteiger partial charge is 0.294 e. The molecule has 0 aromatic carbocycles. The van der Waals surface area contributed by atoms with Crippen LogP contribution in [0.1, 0.15) is 71.1 Å². The predicted molar refractivity (Wildman–Crippen MR) is 86.7 cm³/mol. The highest BCUT2D eigenvalue weighted by Gasteiger charge is 2.43. The third kappa shape index (κ3) is 6.02. The predicted octanol–water partition coefficient (Wildman–Crippen LogP) is 3.46. The molecule has 1 saturated heterocycles. The first kappa shape index (κ1) is 19.2. The lowest BCUT2D eigenvalue weighted by Gasteiger charge is -2.29. The van der Waals surface area contributed by atoms with Crippen LogP contribution in [0, 0.1) is 40.4 Å². The van der Waals surface area contributed by atoms with Gasteiger partial charge in [0.1, 0.15) is 11.8 Å². The van der Waals surface area contributed by atoms with Gasteiger partial charge in [-0.1, -0.05) is 64.7 Å². The highest BCUT2D eigenvalue weighted by molar-refractivity contribution is 6.02. The van der Waals surface area contributed by atoms with Gasteiger partial charge in [0, 0.05) is 5.92 Å². The maximum atomic E-state index is 11.7. The monoisotopic (exact) mass is 317 g/mol. The average Bonchev–Trinajstić information content (AvgIpc) is 2.53.